The topological polar surface area (TPSA) is 67.5 Å². The summed E-state index contributed by atoms with van der Waals surface area (Å²) in [6, 6.07) is 14.9. The number of pyridine rings is 1. The van der Waals surface area contributed by atoms with Crippen molar-refractivity contribution in [1.82, 2.24) is 4.98 Å². The van der Waals surface area contributed by atoms with Gasteiger partial charge in [-0.25, -0.2) is 18.8 Å². The molecule has 0 aliphatic heterocycles. The molecule has 0 bridgehead atoms. The molecule has 5 nitrogen and oxygen atoms in total. The average molecular weight is 456 g/mol. The van der Waals surface area contributed by atoms with Gasteiger partial charge in [0.25, 0.3) is 5.91 Å². The molecule has 29 heavy (non-hydrogen) atoms. The summed E-state index contributed by atoms with van der Waals surface area (Å²) in [6.45, 7) is 0. The standard InChI is InChI=1S/C21H12BrF2N3O2/c22-13-4-7-18-12(9-13)10-15(20(28)27-19-3-1-2-8-25-19)21(29-18)26-17-6-5-14(23)11-16(17)24/h1-11H,(H,25,27,28). The van der Waals surface area contributed by atoms with Gasteiger partial charge in [0.2, 0.25) is 5.55 Å². The number of carbonyl (C=O) groups excluding carboxylic acids is 1. The van der Waals surface area contributed by atoms with Crippen LogP contribution in [-0.2, 0) is 0 Å². The van der Waals surface area contributed by atoms with Crippen LogP contribution in [0.25, 0.3) is 11.0 Å². The number of aromatic nitrogens is 1. The number of hydrogen-bond donors (Lipinski definition) is 1. The highest BCUT2D eigenvalue weighted by Crippen LogP contribution is 2.22. The fourth-order valence-electron chi connectivity index (χ4n) is 2.65. The number of nitrogens with one attached hydrogen (secondary N) is 1. The Morgan fingerprint density at radius 2 is 1.93 bits per heavy atom. The highest BCUT2D eigenvalue weighted by atomic mass is 79.9. The van der Waals surface area contributed by atoms with Gasteiger partial charge in [-0.2, -0.15) is 0 Å². The monoisotopic (exact) mass is 455 g/mol. The van der Waals surface area contributed by atoms with Crippen molar-refractivity contribution >= 4 is 44.3 Å². The third kappa shape index (κ3) is 4.22. The Balaban J connectivity index is 1.89. The van der Waals surface area contributed by atoms with Crippen molar-refractivity contribution in [3.63, 3.8) is 0 Å². The SMILES string of the molecule is O=C(Nc1ccccn1)c1cc2cc(Br)ccc2oc1=Nc1ccc(F)cc1F. The van der Waals surface area contributed by atoms with Crippen LogP contribution in [0.2, 0.25) is 0 Å². The summed E-state index contributed by atoms with van der Waals surface area (Å²) in [5, 5.41) is 3.29. The maximum absolute atomic E-state index is 14.1. The van der Waals surface area contributed by atoms with Crippen LogP contribution in [0.1, 0.15) is 10.4 Å². The average Bonchev–Trinajstić information content (AvgIpc) is 2.70. The van der Waals surface area contributed by atoms with E-state index >= 15 is 0 Å². The molecule has 0 saturated carbocycles. The summed E-state index contributed by atoms with van der Waals surface area (Å²) in [4.78, 5) is 21.0. The highest BCUT2D eigenvalue weighted by molar-refractivity contribution is 9.10. The molecular weight excluding hydrogens is 444 g/mol. The number of fused-ring (bicyclic) bond motifs is 1. The molecule has 4 aromatic rings. The summed E-state index contributed by atoms with van der Waals surface area (Å²) < 4.78 is 33.9. The third-order valence-corrected chi connectivity index (χ3v) is 4.48. The number of anilines is 1. The van der Waals surface area contributed by atoms with E-state index in [0.717, 1.165) is 10.5 Å². The number of rotatable bonds is 3. The number of benzene rings is 2. The Hall–Kier alpha value is -3.39. The van der Waals surface area contributed by atoms with Crippen LogP contribution in [0.3, 0.4) is 0 Å². The van der Waals surface area contributed by atoms with E-state index in [1.54, 1.807) is 42.5 Å². The van der Waals surface area contributed by atoms with Crippen molar-refractivity contribution in [1.29, 1.82) is 0 Å². The largest absolute Gasteiger partial charge is 0.438 e. The van der Waals surface area contributed by atoms with E-state index in [2.05, 4.69) is 31.2 Å². The molecule has 0 unspecified atom stereocenters. The Morgan fingerprint density at radius 3 is 2.69 bits per heavy atom. The van der Waals surface area contributed by atoms with Gasteiger partial charge >= 0.3 is 0 Å². The van der Waals surface area contributed by atoms with Gasteiger partial charge in [-0.15, -0.1) is 0 Å². The van der Waals surface area contributed by atoms with Crippen molar-refractivity contribution < 1.29 is 18.0 Å². The van der Waals surface area contributed by atoms with Gasteiger partial charge in [0.1, 0.15) is 28.5 Å². The van der Waals surface area contributed by atoms with E-state index in [0.29, 0.717) is 22.9 Å². The lowest BCUT2D eigenvalue weighted by Gasteiger charge is -2.07. The van der Waals surface area contributed by atoms with Crippen molar-refractivity contribution in [2.24, 2.45) is 4.99 Å². The molecule has 0 radical (unpaired) electrons. The maximum atomic E-state index is 14.1. The number of hydrogen-bond acceptors (Lipinski definition) is 4. The number of halogens is 3. The van der Waals surface area contributed by atoms with Crippen molar-refractivity contribution in [3.8, 4) is 0 Å². The second-order valence-electron chi connectivity index (χ2n) is 6.02. The van der Waals surface area contributed by atoms with E-state index in [-0.39, 0.29) is 16.8 Å². The lowest BCUT2D eigenvalue weighted by atomic mass is 10.1. The minimum atomic E-state index is -0.868. The van der Waals surface area contributed by atoms with Crippen molar-refractivity contribution in [3.05, 3.63) is 94.1 Å². The van der Waals surface area contributed by atoms with Crippen LogP contribution in [0, 0.1) is 11.6 Å². The molecule has 1 N–H and O–H groups in total. The zero-order chi connectivity index (χ0) is 20.4. The van der Waals surface area contributed by atoms with E-state index in [9.17, 15) is 13.6 Å². The van der Waals surface area contributed by atoms with Crippen LogP contribution in [0.5, 0.6) is 0 Å². The Morgan fingerprint density at radius 1 is 1.07 bits per heavy atom. The van der Waals surface area contributed by atoms with Gasteiger partial charge < -0.3 is 9.73 Å². The highest BCUT2D eigenvalue weighted by Gasteiger charge is 2.15. The summed E-state index contributed by atoms with van der Waals surface area (Å²) in [7, 11) is 0. The molecule has 0 saturated heterocycles. The lowest BCUT2D eigenvalue weighted by Crippen LogP contribution is -2.22. The predicted octanol–water partition coefficient (Wildman–Crippen LogP) is 5.35. The minimum Gasteiger partial charge on any atom is -0.438 e. The first-order valence-corrected chi connectivity index (χ1v) is 9.24. The Labute approximate surface area is 171 Å². The summed E-state index contributed by atoms with van der Waals surface area (Å²) in [5.41, 5.74) is 0.256. The molecule has 0 spiro atoms. The molecule has 0 fully saturated rings. The molecule has 4 rings (SSSR count). The lowest BCUT2D eigenvalue weighted by molar-refractivity contribution is 0.102. The molecule has 144 valence electrons. The number of nitrogens with zero attached hydrogens (tertiary/aromatic N) is 2. The molecule has 0 aliphatic rings. The van der Waals surface area contributed by atoms with E-state index in [1.807, 2.05) is 0 Å². The molecule has 2 aromatic carbocycles. The van der Waals surface area contributed by atoms with Gasteiger partial charge in [-0.3, -0.25) is 4.79 Å². The van der Waals surface area contributed by atoms with Crippen molar-refractivity contribution in [2.75, 3.05) is 5.32 Å². The van der Waals surface area contributed by atoms with Crippen molar-refractivity contribution in [2.45, 2.75) is 0 Å². The molecular formula is C21H12BrF2N3O2. The molecule has 1 amide bonds. The second-order valence-corrected chi connectivity index (χ2v) is 6.94. The van der Waals surface area contributed by atoms with E-state index in [4.69, 9.17) is 4.42 Å². The first kappa shape index (κ1) is 18.9. The molecule has 2 aromatic heterocycles. The minimum absolute atomic E-state index is 0.0741. The maximum Gasteiger partial charge on any atom is 0.262 e. The smallest absolute Gasteiger partial charge is 0.262 e. The van der Waals surface area contributed by atoms with Gasteiger partial charge in [0.15, 0.2) is 5.82 Å². The Kier molecular flexibility index (Phi) is 5.18. The van der Waals surface area contributed by atoms with Crippen LogP contribution in [0.4, 0.5) is 20.3 Å². The van der Waals surface area contributed by atoms with Gasteiger partial charge in [0.05, 0.1) is 0 Å². The van der Waals surface area contributed by atoms with Crippen LogP contribution >= 0.6 is 15.9 Å². The first-order valence-electron chi connectivity index (χ1n) is 8.45. The Bertz CT molecular complexity index is 1290. The first-order chi connectivity index (χ1) is 14.0. The third-order valence-electron chi connectivity index (χ3n) is 3.99. The molecule has 8 heteroatoms. The number of amides is 1. The van der Waals surface area contributed by atoms with Crippen LogP contribution in [0.15, 0.2) is 80.7 Å². The fourth-order valence-corrected chi connectivity index (χ4v) is 3.03. The zero-order valence-electron chi connectivity index (χ0n) is 14.7. The normalized spacial score (nSPS) is 11.6. The molecule has 2 heterocycles. The van der Waals surface area contributed by atoms with Gasteiger partial charge in [-0.1, -0.05) is 22.0 Å². The summed E-state index contributed by atoms with van der Waals surface area (Å²) in [5.74, 6) is -1.79. The van der Waals surface area contributed by atoms with E-state index in [1.165, 1.54) is 12.3 Å². The predicted molar refractivity (Wildman–Crippen MR) is 108 cm³/mol. The van der Waals surface area contributed by atoms with Crippen LogP contribution < -0.4 is 10.9 Å². The van der Waals surface area contributed by atoms with Gasteiger partial charge in [-0.05, 0) is 48.5 Å². The number of carbonyl (C=O) groups is 1. The van der Waals surface area contributed by atoms with Crippen LogP contribution in [-0.4, -0.2) is 10.9 Å². The summed E-state index contributed by atoms with van der Waals surface area (Å²) >= 11 is 3.38. The molecule has 0 atom stereocenters. The fraction of sp³-hybridized carbons (Fsp3) is 0. The van der Waals surface area contributed by atoms with E-state index < -0.39 is 17.5 Å². The second kappa shape index (κ2) is 7.92. The van der Waals surface area contributed by atoms with Gasteiger partial charge in [0, 0.05) is 22.1 Å². The quantitative estimate of drug-likeness (QED) is 0.452. The summed E-state index contributed by atoms with van der Waals surface area (Å²) in [6.07, 6.45) is 1.54. The molecule has 0 aliphatic carbocycles. The zero-order valence-corrected chi connectivity index (χ0v) is 16.3.